The topological polar surface area (TPSA) is 86.3 Å². The first-order valence-corrected chi connectivity index (χ1v) is 7.24. The van der Waals surface area contributed by atoms with Crippen LogP contribution in [0.5, 0.6) is 0 Å². The monoisotopic (exact) mass is 299 g/mol. The number of hydrogen-bond donors (Lipinski definition) is 2. The van der Waals surface area contributed by atoms with Crippen LogP contribution in [-0.2, 0) is 6.42 Å². The van der Waals surface area contributed by atoms with E-state index in [4.69, 9.17) is 5.11 Å². The van der Waals surface area contributed by atoms with Crippen molar-refractivity contribution in [3.05, 3.63) is 53.3 Å². The Labute approximate surface area is 127 Å². The number of carboxylic acids is 1. The number of nitrogens with zero attached hydrogens (tertiary/aromatic N) is 2. The van der Waals surface area contributed by atoms with E-state index < -0.39 is 5.97 Å². The molecule has 114 valence electrons. The van der Waals surface area contributed by atoms with Gasteiger partial charge in [-0.2, -0.15) is 5.10 Å². The molecule has 6 nitrogen and oxygen atoms in total. The molecule has 1 aromatic carbocycles. The molecule has 0 radical (unpaired) electrons. The first-order chi connectivity index (χ1) is 10.6. The Morgan fingerprint density at radius 3 is 2.68 bits per heavy atom. The number of carbonyl (C=O) groups is 2. The molecular formula is C16H17N3O3. The second kappa shape index (κ2) is 6.01. The van der Waals surface area contributed by atoms with Crippen molar-refractivity contribution in [2.75, 3.05) is 13.1 Å². The fourth-order valence-corrected chi connectivity index (χ4v) is 2.85. The van der Waals surface area contributed by atoms with Gasteiger partial charge >= 0.3 is 5.97 Å². The van der Waals surface area contributed by atoms with Crippen LogP contribution in [0.25, 0.3) is 0 Å². The van der Waals surface area contributed by atoms with Gasteiger partial charge in [0, 0.05) is 19.3 Å². The number of hydrogen-bond acceptors (Lipinski definition) is 3. The number of amides is 1. The summed E-state index contributed by atoms with van der Waals surface area (Å²) >= 11 is 0. The quantitative estimate of drug-likeness (QED) is 0.901. The lowest BCUT2D eigenvalue weighted by molar-refractivity contribution is 0.0696. The lowest BCUT2D eigenvalue weighted by Crippen LogP contribution is -2.28. The molecule has 0 spiro atoms. The van der Waals surface area contributed by atoms with E-state index in [1.54, 1.807) is 24.5 Å². The molecule has 2 heterocycles. The smallest absolute Gasteiger partial charge is 0.335 e. The molecule has 1 atom stereocenters. The van der Waals surface area contributed by atoms with Gasteiger partial charge in [0.1, 0.15) is 0 Å². The standard InChI is InChI=1S/C16H17N3O3/c20-15(14-8-17-18-9-14)19-6-5-12(10-19)7-11-1-3-13(4-2-11)16(21)22/h1-4,8-9,12H,5-7,10H2,(H,17,18)(H,21,22). The Morgan fingerprint density at radius 1 is 1.27 bits per heavy atom. The van der Waals surface area contributed by atoms with Crippen molar-refractivity contribution in [1.82, 2.24) is 15.1 Å². The predicted octanol–water partition coefficient (Wildman–Crippen LogP) is 1.81. The van der Waals surface area contributed by atoms with Crippen LogP contribution >= 0.6 is 0 Å². The molecule has 0 aliphatic carbocycles. The van der Waals surface area contributed by atoms with Gasteiger partial charge in [0.05, 0.1) is 17.3 Å². The number of H-pyrrole nitrogens is 1. The summed E-state index contributed by atoms with van der Waals surface area (Å²) in [6.07, 6.45) is 4.97. The molecule has 0 bridgehead atoms. The van der Waals surface area contributed by atoms with Crippen molar-refractivity contribution in [2.24, 2.45) is 5.92 Å². The molecule has 1 saturated heterocycles. The van der Waals surface area contributed by atoms with E-state index in [1.807, 2.05) is 17.0 Å². The minimum Gasteiger partial charge on any atom is -0.478 e. The van der Waals surface area contributed by atoms with Crippen LogP contribution in [0.2, 0.25) is 0 Å². The molecule has 0 saturated carbocycles. The maximum Gasteiger partial charge on any atom is 0.335 e. The van der Waals surface area contributed by atoms with Crippen LogP contribution in [0.15, 0.2) is 36.7 Å². The third-order valence-corrected chi connectivity index (χ3v) is 4.04. The lowest BCUT2D eigenvalue weighted by atomic mass is 9.98. The van der Waals surface area contributed by atoms with Crippen LogP contribution in [-0.4, -0.2) is 45.2 Å². The molecule has 1 aliphatic rings. The summed E-state index contributed by atoms with van der Waals surface area (Å²) in [6.45, 7) is 1.48. The number of carbonyl (C=O) groups excluding carboxylic acids is 1. The normalized spacial score (nSPS) is 17.6. The van der Waals surface area contributed by atoms with Crippen molar-refractivity contribution in [1.29, 1.82) is 0 Å². The second-order valence-electron chi connectivity index (χ2n) is 5.60. The number of aromatic nitrogens is 2. The average molecular weight is 299 g/mol. The van der Waals surface area contributed by atoms with Gasteiger partial charge in [-0.15, -0.1) is 0 Å². The zero-order valence-electron chi connectivity index (χ0n) is 12.0. The van der Waals surface area contributed by atoms with Gasteiger partial charge in [-0.05, 0) is 36.5 Å². The SMILES string of the molecule is O=C(O)c1ccc(CC2CCN(C(=O)c3cn[nH]c3)C2)cc1. The second-order valence-corrected chi connectivity index (χ2v) is 5.60. The van der Waals surface area contributed by atoms with Crippen LogP contribution in [0, 0.1) is 5.92 Å². The molecule has 1 unspecified atom stereocenters. The van der Waals surface area contributed by atoms with E-state index in [0.29, 0.717) is 17.0 Å². The fourth-order valence-electron chi connectivity index (χ4n) is 2.85. The molecule has 1 aromatic heterocycles. The van der Waals surface area contributed by atoms with Crippen molar-refractivity contribution >= 4 is 11.9 Å². The fraction of sp³-hybridized carbons (Fsp3) is 0.312. The van der Waals surface area contributed by atoms with Crippen molar-refractivity contribution in [3.63, 3.8) is 0 Å². The summed E-state index contributed by atoms with van der Waals surface area (Å²) in [5, 5.41) is 15.4. The Balaban J connectivity index is 1.59. The van der Waals surface area contributed by atoms with Crippen molar-refractivity contribution in [2.45, 2.75) is 12.8 Å². The van der Waals surface area contributed by atoms with Crippen LogP contribution in [0.3, 0.4) is 0 Å². The summed E-state index contributed by atoms with van der Waals surface area (Å²) in [7, 11) is 0. The number of aromatic amines is 1. The highest BCUT2D eigenvalue weighted by Gasteiger charge is 2.27. The Hall–Kier alpha value is -2.63. The van der Waals surface area contributed by atoms with E-state index in [9.17, 15) is 9.59 Å². The highest BCUT2D eigenvalue weighted by molar-refractivity contribution is 5.93. The van der Waals surface area contributed by atoms with E-state index in [1.165, 1.54) is 0 Å². The van der Waals surface area contributed by atoms with Crippen LogP contribution in [0.1, 0.15) is 32.7 Å². The van der Waals surface area contributed by atoms with E-state index in [-0.39, 0.29) is 5.91 Å². The van der Waals surface area contributed by atoms with E-state index in [2.05, 4.69) is 10.2 Å². The molecule has 1 amide bonds. The summed E-state index contributed by atoms with van der Waals surface area (Å²) in [6, 6.07) is 6.95. The van der Waals surface area contributed by atoms with Gasteiger partial charge in [-0.25, -0.2) is 4.79 Å². The summed E-state index contributed by atoms with van der Waals surface area (Å²) in [4.78, 5) is 24.9. The Kier molecular flexibility index (Phi) is 3.91. The Bertz CT molecular complexity index is 664. The zero-order valence-corrected chi connectivity index (χ0v) is 12.0. The zero-order chi connectivity index (χ0) is 15.5. The highest BCUT2D eigenvalue weighted by atomic mass is 16.4. The number of aromatic carboxylic acids is 1. The molecule has 1 aliphatic heterocycles. The largest absolute Gasteiger partial charge is 0.478 e. The summed E-state index contributed by atoms with van der Waals surface area (Å²) in [5.41, 5.74) is 1.99. The summed E-state index contributed by atoms with van der Waals surface area (Å²) in [5.74, 6) is -0.492. The minimum absolute atomic E-state index is 0.0116. The van der Waals surface area contributed by atoms with Gasteiger partial charge in [-0.1, -0.05) is 12.1 Å². The highest BCUT2D eigenvalue weighted by Crippen LogP contribution is 2.22. The van der Waals surface area contributed by atoms with Gasteiger partial charge in [0.25, 0.3) is 5.91 Å². The molecule has 2 aromatic rings. The molecule has 2 N–H and O–H groups in total. The molecule has 3 rings (SSSR count). The third kappa shape index (κ3) is 3.00. The average Bonchev–Trinajstić information content (AvgIpc) is 3.19. The number of benzene rings is 1. The van der Waals surface area contributed by atoms with Crippen molar-refractivity contribution in [3.8, 4) is 0 Å². The summed E-state index contributed by atoms with van der Waals surface area (Å²) < 4.78 is 0. The minimum atomic E-state index is -0.913. The van der Waals surface area contributed by atoms with Crippen LogP contribution < -0.4 is 0 Å². The van der Waals surface area contributed by atoms with Gasteiger partial charge in [0.2, 0.25) is 0 Å². The van der Waals surface area contributed by atoms with Gasteiger partial charge < -0.3 is 10.0 Å². The van der Waals surface area contributed by atoms with E-state index in [0.717, 1.165) is 31.5 Å². The Morgan fingerprint density at radius 2 is 2.05 bits per heavy atom. The maximum atomic E-state index is 12.2. The predicted molar refractivity (Wildman–Crippen MR) is 79.7 cm³/mol. The van der Waals surface area contributed by atoms with Gasteiger partial charge in [-0.3, -0.25) is 9.89 Å². The number of carboxylic acid groups (broad SMARTS) is 1. The maximum absolute atomic E-state index is 12.2. The number of rotatable bonds is 4. The molecule has 1 fully saturated rings. The first kappa shape index (κ1) is 14.3. The van der Waals surface area contributed by atoms with E-state index >= 15 is 0 Å². The number of likely N-dealkylation sites (tertiary alicyclic amines) is 1. The first-order valence-electron chi connectivity index (χ1n) is 7.24. The van der Waals surface area contributed by atoms with Crippen molar-refractivity contribution < 1.29 is 14.7 Å². The van der Waals surface area contributed by atoms with Crippen LogP contribution in [0.4, 0.5) is 0 Å². The third-order valence-electron chi connectivity index (χ3n) is 4.04. The molecular weight excluding hydrogens is 282 g/mol. The molecule has 22 heavy (non-hydrogen) atoms. The molecule has 6 heteroatoms. The van der Waals surface area contributed by atoms with Gasteiger partial charge in [0.15, 0.2) is 0 Å². The number of nitrogens with one attached hydrogen (secondary N) is 1. The lowest BCUT2D eigenvalue weighted by Gasteiger charge is -2.15.